The molecule has 0 radical (unpaired) electrons. The van der Waals surface area contributed by atoms with Crippen molar-refractivity contribution >= 4 is 27.4 Å². The molecule has 22 heavy (non-hydrogen) atoms. The highest BCUT2D eigenvalue weighted by Gasteiger charge is 2.27. The highest BCUT2D eigenvalue weighted by Crippen LogP contribution is 2.22. The van der Waals surface area contributed by atoms with Gasteiger partial charge in [0.1, 0.15) is 17.9 Å². The Kier molecular flexibility index (Phi) is 3.55. The van der Waals surface area contributed by atoms with E-state index in [1.54, 1.807) is 10.8 Å². The van der Waals surface area contributed by atoms with Crippen molar-refractivity contribution in [3.05, 3.63) is 41.0 Å². The summed E-state index contributed by atoms with van der Waals surface area (Å²) in [5, 5.41) is 15.7. The Hall–Kier alpha value is -1.93. The van der Waals surface area contributed by atoms with Gasteiger partial charge in [0, 0.05) is 25.6 Å². The number of fused-ring (bicyclic) bond motifs is 1. The molecule has 0 spiro atoms. The van der Waals surface area contributed by atoms with E-state index in [0.717, 1.165) is 48.1 Å². The Morgan fingerprint density at radius 1 is 1.27 bits per heavy atom. The SMILES string of the molecule is Brc1ccc(CNCC2CN(c3ccc4nncn4n3)C2)o1. The Balaban J connectivity index is 1.26. The van der Waals surface area contributed by atoms with E-state index in [1.165, 1.54) is 0 Å². The molecule has 0 bridgehead atoms. The quantitative estimate of drug-likeness (QED) is 0.744. The number of halogens is 1. The average Bonchev–Trinajstić information content (AvgIpc) is 3.09. The maximum absolute atomic E-state index is 5.46. The second-order valence-corrected chi connectivity index (χ2v) is 6.21. The van der Waals surface area contributed by atoms with Crippen LogP contribution in [-0.2, 0) is 6.54 Å². The molecule has 1 aliphatic rings. The summed E-state index contributed by atoms with van der Waals surface area (Å²) >= 11 is 3.31. The van der Waals surface area contributed by atoms with E-state index in [4.69, 9.17) is 4.42 Å². The van der Waals surface area contributed by atoms with Crippen LogP contribution in [-0.4, -0.2) is 39.4 Å². The lowest BCUT2D eigenvalue weighted by Gasteiger charge is -2.40. The maximum atomic E-state index is 5.46. The molecule has 3 aromatic rings. The lowest BCUT2D eigenvalue weighted by atomic mass is 10.0. The first-order valence-electron chi connectivity index (χ1n) is 7.15. The average molecular weight is 363 g/mol. The number of hydrogen-bond acceptors (Lipinski definition) is 6. The fourth-order valence-corrected chi connectivity index (χ4v) is 2.96. The third-order valence-corrected chi connectivity index (χ3v) is 4.22. The number of rotatable bonds is 5. The van der Waals surface area contributed by atoms with Crippen LogP contribution in [0.2, 0.25) is 0 Å². The zero-order valence-electron chi connectivity index (χ0n) is 11.8. The van der Waals surface area contributed by atoms with Gasteiger partial charge in [-0.25, -0.2) is 0 Å². The minimum Gasteiger partial charge on any atom is -0.453 e. The molecule has 0 aliphatic carbocycles. The van der Waals surface area contributed by atoms with Gasteiger partial charge in [0.15, 0.2) is 10.3 Å². The van der Waals surface area contributed by atoms with Crippen molar-refractivity contribution in [1.29, 1.82) is 0 Å². The van der Waals surface area contributed by atoms with Crippen molar-refractivity contribution in [3.8, 4) is 0 Å². The number of hydrogen-bond donors (Lipinski definition) is 1. The number of aromatic nitrogens is 4. The van der Waals surface area contributed by atoms with Crippen molar-refractivity contribution in [2.45, 2.75) is 6.54 Å². The van der Waals surface area contributed by atoms with E-state index in [0.29, 0.717) is 5.92 Å². The summed E-state index contributed by atoms with van der Waals surface area (Å²) in [6.07, 6.45) is 1.62. The number of anilines is 1. The first kappa shape index (κ1) is 13.7. The van der Waals surface area contributed by atoms with Gasteiger partial charge >= 0.3 is 0 Å². The van der Waals surface area contributed by atoms with E-state index in [-0.39, 0.29) is 0 Å². The summed E-state index contributed by atoms with van der Waals surface area (Å²) in [7, 11) is 0. The van der Waals surface area contributed by atoms with Gasteiger partial charge in [0.25, 0.3) is 0 Å². The van der Waals surface area contributed by atoms with Crippen molar-refractivity contribution in [3.63, 3.8) is 0 Å². The highest BCUT2D eigenvalue weighted by atomic mass is 79.9. The molecule has 114 valence electrons. The summed E-state index contributed by atoms with van der Waals surface area (Å²) in [6, 6.07) is 7.82. The Morgan fingerprint density at radius 2 is 2.18 bits per heavy atom. The molecular formula is C14H15BrN6O. The molecule has 0 saturated carbocycles. The van der Waals surface area contributed by atoms with E-state index in [9.17, 15) is 0 Å². The topological polar surface area (TPSA) is 71.5 Å². The number of nitrogens with one attached hydrogen (secondary N) is 1. The minimum absolute atomic E-state index is 0.636. The van der Waals surface area contributed by atoms with Crippen LogP contribution in [0.5, 0.6) is 0 Å². The molecule has 1 aliphatic heterocycles. The third kappa shape index (κ3) is 2.71. The predicted octanol–water partition coefficient (Wildman–Crippen LogP) is 1.71. The molecule has 4 rings (SSSR count). The molecule has 0 amide bonds. The zero-order valence-corrected chi connectivity index (χ0v) is 13.4. The molecule has 0 unspecified atom stereocenters. The van der Waals surface area contributed by atoms with Gasteiger partial charge in [-0.3, -0.25) is 0 Å². The molecule has 8 heteroatoms. The van der Waals surface area contributed by atoms with Crippen LogP contribution in [0.25, 0.3) is 5.65 Å². The minimum atomic E-state index is 0.636. The van der Waals surface area contributed by atoms with Crippen LogP contribution in [0, 0.1) is 5.92 Å². The number of nitrogens with zero attached hydrogens (tertiary/aromatic N) is 5. The maximum Gasteiger partial charge on any atom is 0.177 e. The van der Waals surface area contributed by atoms with E-state index >= 15 is 0 Å². The highest BCUT2D eigenvalue weighted by molar-refractivity contribution is 9.10. The van der Waals surface area contributed by atoms with Crippen LogP contribution in [0.1, 0.15) is 5.76 Å². The van der Waals surface area contributed by atoms with E-state index in [2.05, 4.69) is 41.4 Å². The lowest BCUT2D eigenvalue weighted by molar-refractivity contribution is 0.369. The molecule has 0 atom stereocenters. The second kappa shape index (κ2) is 5.69. The molecule has 0 aromatic carbocycles. The molecule has 1 fully saturated rings. The first-order valence-corrected chi connectivity index (χ1v) is 7.94. The second-order valence-electron chi connectivity index (χ2n) is 5.43. The van der Waals surface area contributed by atoms with Gasteiger partial charge in [-0.2, -0.15) is 4.52 Å². The van der Waals surface area contributed by atoms with Crippen molar-refractivity contribution in [1.82, 2.24) is 25.1 Å². The smallest absolute Gasteiger partial charge is 0.177 e. The predicted molar refractivity (Wildman–Crippen MR) is 84.6 cm³/mol. The Labute approximate surface area is 135 Å². The van der Waals surface area contributed by atoms with Crippen molar-refractivity contribution in [2.24, 2.45) is 5.92 Å². The lowest BCUT2D eigenvalue weighted by Crippen LogP contribution is -2.51. The monoisotopic (exact) mass is 362 g/mol. The van der Waals surface area contributed by atoms with Gasteiger partial charge in [0.05, 0.1) is 6.54 Å². The van der Waals surface area contributed by atoms with Gasteiger partial charge in [-0.15, -0.1) is 15.3 Å². The molecule has 1 N–H and O–H groups in total. The van der Waals surface area contributed by atoms with Gasteiger partial charge in [0.2, 0.25) is 0 Å². The molecule has 1 saturated heterocycles. The van der Waals surface area contributed by atoms with Crippen LogP contribution in [0.4, 0.5) is 5.82 Å². The van der Waals surface area contributed by atoms with Crippen LogP contribution in [0.3, 0.4) is 0 Å². The van der Waals surface area contributed by atoms with E-state index < -0.39 is 0 Å². The van der Waals surface area contributed by atoms with Gasteiger partial charge in [-0.1, -0.05) is 0 Å². The molecular weight excluding hydrogens is 348 g/mol. The van der Waals surface area contributed by atoms with Crippen LogP contribution >= 0.6 is 15.9 Å². The summed E-state index contributed by atoms with van der Waals surface area (Å²) in [5.41, 5.74) is 0.770. The fourth-order valence-electron chi connectivity index (χ4n) is 2.62. The normalized spacial score (nSPS) is 15.4. The summed E-state index contributed by atoms with van der Waals surface area (Å²) in [6.45, 7) is 3.75. The first-order chi connectivity index (χ1) is 10.8. The van der Waals surface area contributed by atoms with Crippen LogP contribution in [0.15, 0.2) is 39.7 Å². The van der Waals surface area contributed by atoms with Crippen molar-refractivity contribution in [2.75, 3.05) is 24.5 Å². The van der Waals surface area contributed by atoms with E-state index in [1.807, 2.05) is 24.3 Å². The molecule has 7 nitrogen and oxygen atoms in total. The Bertz CT molecular complexity index is 778. The summed E-state index contributed by atoms with van der Waals surface area (Å²) in [4.78, 5) is 2.26. The standard InChI is InChI=1S/C14H15BrN6O/c15-12-2-1-11(22-12)6-16-5-10-7-20(8-10)14-4-3-13-18-17-9-21(13)19-14/h1-4,9-10,16H,5-8H2. The summed E-state index contributed by atoms with van der Waals surface area (Å²) < 4.78 is 7.94. The van der Waals surface area contributed by atoms with Gasteiger partial charge < -0.3 is 14.6 Å². The molecule has 3 aromatic heterocycles. The fraction of sp³-hybridized carbons (Fsp3) is 0.357. The Morgan fingerprint density at radius 3 is 3.00 bits per heavy atom. The summed E-state index contributed by atoms with van der Waals surface area (Å²) in [5.74, 6) is 2.55. The third-order valence-electron chi connectivity index (χ3n) is 3.79. The van der Waals surface area contributed by atoms with Crippen molar-refractivity contribution < 1.29 is 4.42 Å². The van der Waals surface area contributed by atoms with Gasteiger partial charge in [-0.05, 0) is 40.2 Å². The largest absolute Gasteiger partial charge is 0.453 e. The van der Waals surface area contributed by atoms with Crippen LogP contribution < -0.4 is 10.2 Å². The number of furan rings is 1. The zero-order chi connectivity index (χ0) is 14.9. The molecule has 4 heterocycles.